The first kappa shape index (κ1) is 13.8. The van der Waals surface area contributed by atoms with Crippen molar-refractivity contribution in [3.8, 4) is 6.07 Å². The van der Waals surface area contributed by atoms with E-state index in [1.54, 1.807) is 20.8 Å². The third-order valence-electron chi connectivity index (χ3n) is 1.89. The molecule has 0 radical (unpaired) electrons. The molecule has 6 nitrogen and oxygen atoms in total. The maximum Gasteiger partial charge on any atom is 0.430 e. The van der Waals surface area contributed by atoms with Crippen molar-refractivity contribution in [3.63, 3.8) is 0 Å². The molecule has 1 heterocycles. The molecule has 1 aromatic heterocycles. The Balaban J connectivity index is 2.96. The summed E-state index contributed by atoms with van der Waals surface area (Å²) in [6, 6.07) is 4.47. The van der Waals surface area contributed by atoms with Crippen LogP contribution in [0.4, 0.5) is 4.79 Å². The summed E-state index contributed by atoms with van der Waals surface area (Å²) in [5.74, 6) is 0. The molecule has 0 aliphatic rings. The Morgan fingerprint density at radius 3 is 2.44 bits per heavy atom. The highest BCUT2D eigenvalue weighted by atomic mass is 16.6. The lowest BCUT2D eigenvalue weighted by Gasteiger charge is -2.26. The van der Waals surface area contributed by atoms with Crippen molar-refractivity contribution >= 4 is 6.09 Å². The minimum Gasteiger partial charge on any atom is -0.442 e. The molecule has 0 saturated carbocycles. The molecule has 0 atom stereocenters. The highest BCUT2D eigenvalue weighted by Crippen LogP contribution is 2.09. The smallest absolute Gasteiger partial charge is 0.430 e. The van der Waals surface area contributed by atoms with E-state index in [2.05, 4.69) is 0 Å². The second kappa shape index (κ2) is 5.36. The van der Waals surface area contributed by atoms with E-state index in [1.807, 2.05) is 6.07 Å². The zero-order valence-electron chi connectivity index (χ0n) is 10.6. The second-order valence-electron chi connectivity index (χ2n) is 4.61. The van der Waals surface area contributed by atoms with Crippen molar-refractivity contribution < 1.29 is 9.53 Å². The van der Waals surface area contributed by atoms with E-state index in [0.29, 0.717) is 0 Å². The summed E-state index contributed by atoms with van der Waals surface area (Å²) in [4.78, 5) is 22.9. The number of amides is 1. The molecule has 0 bridgehead atoms. The van der Waals surface area contributed by atoms with Gasteiger partial charge in [0.15, 0.2) is 5.43 Å². The average molecular weight is 249 g/mol. The fourth-order valence-electron chi connectivity index (χ4n) is 1.19. The third-order valence-corrected chi connectivity index (χ3v) is 1.89. The molecule has 0 aliphatic carbocycles. The molecule has 0 aromatic carbocycles. The molecule has 0 saturated heterocycles. The van der Waals surface area contributed by atoms with Crippen molar-refractivity contribution in [2.24, 2.45) is 0 Å². The highest BCUT2D eigenvalue weighted by molar-refractivity contribution is 5.79. The number of nitrogens with zero attached hydrogens (tertiary/aromatic N) is 3. The van der Waals surface area contributed by atoms with Gasteiger partial charge in [0.25, 0.3) is 0 Å². The summed E-state index contributed by atoms with van der Waals surface area (Å²) in [5, 5.41) is 9.83. The molecule has 96 valence electrons. The lowest BCUT2D eigenvalue weighted by Crippen LogP contribution is -2.44. The van der Waals surface area contributed by atoms with Gasteiger partial charge in [0.05, 0.1) is 6.07 Å². The first-order valence-corrected chi connectivity index (χ1v) is 5.39. The number of rotatable bonds is 2. The van der Waals surface area contributed by atoms with E-state index in [1.165, 1.54) is 29.2 Å². The maximum absolute atomic E-state index is 11.9. The Morgan fingerprint density at radius 2 is 2.00 bits per heavy atom. The fourth-order valence-corrected chi connectivity index (χ4v) is 1.19. The lowest BCUT2D eigenvalue weighted by molar-refractivity contribution is 0.0544. The monoisotopic (exact) mass is 249 g/mol. The van der Waals surface area contributed by atoms with Crippen LogP contribution in [0.5, 0.6) is 0 Å². The van der Waals surface area contributed by atoms with E-state index in [0.717, 1.165) is 5.01 Å². The Bertz CT molecular complexity index is 502. The van der Waals surface area contributed by atoms with Gasteiger partial charge in [-0.15, -0.1) is 0 Å². The van der Waals surface area contributed by atoms with Gasteiger partial charge in [0.2, 0.25) is 0 Å². The predicted octanol–water partition coefficient (Wildman–Crippen LogP) is 1.24. The summed E-state index contributed by atoms with van der Waals surface area (Å²) in [6.45, 7) is 5.04. The Hall–Kier alpha value is -2.29. The zero-order chi connectivity index (χ0) is 13.8. The van der Waals surface area contributed by atoms with Crippen LogP contribution in [-0.2, 0) is 4.74 Å². The Kier molecular flexibility index (Phi) is 4.10. The number of carbonyl (C=O) groups excluding carboxylic acids is 1. The van der Waals surface area contributed by atoms with E-state index in [9.17, 15) is 9.59 Å². The zero-order valence-corrected chi connectivity index (χ0v) is 10.6. The molecular weight excluding hydrogens is 234 g/mol. The number of ether oxygens (including phenoxy) is 1. The predicted molar refractivity (Wildman–Crippen MR) is 65.6 cm³/mol. The Morgan fingerprint density at radius 1 is 1.44 bits per heavy atom. The van der Waals surface area contributed by atoms with E-state index in [4.69, 9.17) is 10.00 Å². The van der Waals surface area contributed by atoms with Crippen molar-refractivity contribution in [1.29, 1.82) is 5.26 Å². The molecular formula is C12H15N3O3. The molecule has 0 fully saturated rings. The van der Waals surface area contributed by atoms with Gasteiger partial charge in [-0.2, -0.15) is 5.26 Å². The van der Waals surface area contributed by atoms with Crippen molar-refractivity contribution in [3.05, 3.63) is 34.7 Å². The number of pyridine rings is 1. The van der Waals surface area contributed by atoms with Crippen LogP contribution in [0.2, 0.25) is 0 Å². The number of hydrogen-bond acceptors (Lipinski definition) is 4. The number of aromatic nitrogens is 1. The van der Waals surface area contributed by atoms with Crippen LogP contribution in [-0.4, -0.2) is 22.9 Å². The minimum atomic E-state index is -0.649. The largest absolute Gasteiger partial charge is 0.442 e. The van der Waals surface area contributed by atoms with E-state index in [-0.39, 0.29) is 12.0 Å². The van der Waals surface area contributed by atoms with Crippen LogP contribution in [0, 0.1) is 11.3 Å². The summed E-state index contributed by atoms with van der Waals surface area (Å²) in [5.41, 5.74) is -0.823. The molecule has 0 N–H and O–H groups in total. The first-order chi connectivity index (χ1) is 8.33. The summed E-state index contributed by atoms with van der Waals surface area (Å²) in [6.07, 6.45) is 2.17. The van der Waals surface area contributed by atoms with Crippen LogP contribution in [0.3, 0.4) is 0 Å². The fraction of sp³-hybridized carbons (Fsp3) is 0.417. The van der Waals surface area contributed by atoms with E-state index < -0.39 is 11.7 Å². The quantitative estimate of drug-likeness (QED) is 0.739. The number of hydrogen-bond donors (Lipinski definition) is 0. The normalized spacial score (nSPS) is 10.6. The molecule has 0 aliphatic heterocycles. The van der Waals surface area contributed by atoms with Gasteiger partial charge in [-0.3, -0.25) is 9.47 Å². The molecule has 0 spiro atoms. The van der Waals surface area contributed by atoms with Gasteiger partial charge in [-0.25, -0.2) is 9.80 Å². The summed E-state index contributed by atoms with van der Waals surface area (Å²) >= 11 is 0. The molecule has 18 heavy (non-hydrogen) atoms. The van der Waals surface area contributed by atoms with Gasteiger partial charge < -0.3 is 4.74 Å². The maximum atomic E-state index is 11.9. The summed E-state index contributed by atoms with van der Waals surface area (Å²) < 4.78 is 6.52. The van der Waals surface area contributed by atoms with Crippen LogP contribution in [0.25, 0.3) is 0 Å². The van der Waals surface area contributed by atoms with Gasteiger partial charge in [-0.05, 0) is 20.8 Å². The van der Waals surface area contributed by atoms with Crippen molar-refractivity contribution in [1.82, 2.24) is 4.68 Å². The second-order valence-corrected chi connectivity index (χ2v) is 4.61. The highest BCUT2D eigenvalue weighted by Gasteiger charge is 2.22. The first-order valence-electron chi connectivity index (χ1n) is 5.39. The number of carbonyl (C=O) groups is 1. The molecule has 6 heteroatoms. The summed E-state index contributed by atoms with van der Waals surface area (Å²) in [7, 11) is 0. The molecule has 1 amide bonds. The Labute approximate surface area is 105 Å². The van der Waals surface area contributed by atoms with E-state index >= 15 is 0 Å². The molecule has 0 unspecified atom stereocenters. The van der Waals surface area contributed by atoms with Crippen LogP contribution >= 0.6 is 0 Å². The number of nitriles is 1. The third kappa shape index (κ3) is 3.94. The van der Waals surface area contributed by atoms with Gasteiger partial charge >= 0.3 is 6.09 Å². The van der Waals surface area contributed by atoms with Crippen molar-refractivity contribution in [2.75, 3.05) is 11.6 Å². The van der Waals surface area contributed by atoms with Gasteiger partial charge in [0.1, 0.15) is 12.1 Å². The van der Waals surface area contributed by atoms with Crippen LogP contribution < -0.4 is 10.4 Å². The van der Waals surface area contributed by atoms with Gasteiger partial charge in [0, 0.05) is 24.5 Å². The topological polar surface area (TPSA) is 75.3 Å². The average Bonchev–Trinajstić information content (AvgIpc) is 2.25. The molecule has 1 rings (SSSR count). The lowest BCUT2D eigenvalue weighted by atomic mass is 10.2. The minimum absolute atomic E-state index is 0.169. The van der Waals surface area contributed by atoms with Crippen LogP contribution in [0.1, 0.15) is 20.8 Å². The SMILES string of the molecule is CC(C)(C)OC(=O)N(CC#N)n1ccc(=O)cc1. The van der Waals surface area contributed by atoms with Crippen molar-refractivity contribution in [2.45, 2.75) is 26.4 Å². The molecule has 1 aromatic rings. The van der Waals surface area contributed by atoms with Gasteiger partial charge in [-0.1, -0.05) is 0 Å². The standard InChI is InChI=1S/C12H15N3O3/c1-12(2,3)18-11(17)15(9-6-13)14-7-4-10(16)5-8-14/h4-5,7-8H,9H2,1-3H3. The van der Waals surface area contributed by atoms with Crippen LogP contribution in [0.15, 0.2) is 29.3 Å².